The van der Waals surface area contributed by atoms with E-state index in [1.807, 2.05) is 0 Å². The number of aromatic nitrogens is 2. The molecule has 0 saturated carbocycles. The molecule has 2 N–H and O–H groups in total. The number of alkyl halides is 5. The Bertz CT molecular complexity index is 853. The first-order valence-electron chi connectivity index (χ1n) is 7.12. The van der Waals surface area contributed by atoms with Crippen LogP contribution in [0.15, 0.2) is 40.6 Å². The van der Waals surface area contributed by atoms with Crippen LogP contribution in [0.3, 0.4) is 0 Å². The fraction of sp³-hybridized carbons (Fsp3) is 0.200. The van der Waals surface area contributed by atoms with Crippen LogP contribution in [0.1, 0.15) is 17.7 Å². The van der Waals surface area contributed by atoms with Crippen LogP contribution in [0.5, 0.6) is 6.01 Å². The van der Waals surface area contributed by atoms with Gasteiger partial charge in [-0.25, -0.2) is 18.2 Å². The Kier molecular flexibility index (Phi) is 6.32. The molecule has 2 aromatic rings. The van der Waals surface area contributed by atoms with Gasteiger partial charge in [0, 0.05) is 6.20 Å². The van der Waals surface area contributed by atoms with Gasteiger partial charge in [-0.2, -0.15) is 23.3 Å². The molecule has 0 aliphatic carbocycles. The summed E-state index contributed by atoms with van der Waals surface area (Å²) in [5.41, 5.74) is -2.29. The molecule has 1 heterocycles. The lowest BCUT2D eigenvalue weighted by Crippen LogP contribution is -2.16. The molecule has 2 rings (SSSR count). The summed E-state index contributed by atoms with van der Waals surface area (Å²) in [7, 11) is 0. The van der Waals surface area contributed by atoms with Crippen molar-refractivity contribution in [3.05, 3.63) is 47.5 Å². The molecule has 0 atom stereocenters. The van der Waals surface area contributed by atoms with Gasteiger partial charge < -0.3 is 10.6 Å². The topological polar surface area (TPSA) is 85.8 Å². The van der Waals surface area contributed by atoms with E-state index in [4.69, 9.17) is 10.6 Å². The number of aliphatic imine (C=N–C) groups is 1. The quantitative estimate of drug-likeness (QED) is 0.352. The highest BCUT2D eigenvalue weighted by molar-refractivity contribution is 6.31. The van der Waals surface area contributed by atoms with Crippen molar-refractivity contribution < 1.29 is 31.1 Å². The summed E-state index contributed by atoms with van der Waals surface area (Å²) in [5, 5.41) is 3.31. The van der Waals surface area contributed by atoms with Crippen LogP contribution >= 0.6 is 0 Å². The van der Waals surface area contributed by atoms with Crippen molar-refractivity contribution in [2.75, 3.05) is 6.61 Å². The lowest BCUT2D eigenvalue weighted by atomic mass is 10.2. The third-order valence-corrected chi connectivity index (χ3v) is 3.01. The van der Waals surface area contributed by atoms with Crippen LogP contribution in [-0.4, -0.2) is 28.5 Å². The van der Waals surface area contributed by atoms with Crippen LogP contribution < -0.4 is 10.6 Å². The lowest BCUT2D eigenvalue weighted by molar-refractivity contribution is -0.139. The van der Waals surface area contributed by atoms with Crippen LogP contribution in [0.4, 0.5) is 32.0 Å². The Hall–Kier alpha value is -3.18. The zero-order chi connectivity index (χ0) is 20.0. The van der Waals surface area contributed by atoms with Gasteiger partial charge in [0.05, 0.1) is 17.5 Å². The molecule has 0 saturated heterocycles. The Labute approximate surface area is 148 Å². The predicted molar refractivity (Wildman–Crippen MR) is 83.7 cm³/mol. The van der Waals surface area contributed by atoms with Gasteiger partial charge in [0.15, 0.2) is 0 Å². The fourth-order valence-corrected chi connectivity index (χ4v) is 1.75. The SMILES string of the molecule is NN=C(C=Nc1ccc(F)c(C(F)(F)F)c1)COc1nccc(C(F)F)n1. The molecule has 0 aliphatic heterocycles. The van der Waals surface area contributed by atoms with Crippen molar-refractivity contribution in [3.63, 3.8) is 0 Å². The molecule has 0 aliphatic rings. The van der Waals surface area contributed by atoms with E-state index in [1.54, 1.807) is 0 Å². The maximum atomic E-state index is 13.2. The molecule has 27 heavy (non-hydrogen) atoms. The number of hydrogen-bond donors (Lipinski definition) is 1. The summed E-state index contributed by atoms with van der Waals surface area (Å²) >= 11 is 0. The molecular weight excluding hydrogens is 380 g/mol. The highest BCUT2D eigenvalue weighted by Crippen LogP contribution is 2.33. The van der Waals surface area contributed by atoms with Crippen LogP contribution in [0.25, 0.3) is 0 Å². The first kappa shape index (κ1) is 20.1. The molecule has 12 heteroatoms. The largest absolute Gasteiger partial charge is 0.457 e. The Morgan fingerprint density at radius 1 is 1.26 bits per heavy atom. The number of nitrogens with zero attached hydrogens (tertiary/aromatic N) is 4. The molecular formula is C15H11F6N5O. The van der Waals surface area contributed by atoms with Crippen molar-refractivity contribution in [1.82, 2.24) is 9.97 Å². The standard InChI is InChI=1S/C15H11F6N5O/c16-11-2-1-8(5-10(11)15(19,20)21)24-6-9(26-22)7-27-14-23-4-3-12(25-14)13(17)18/h1-6,13H,7,22H2. The highest BCUT2D eigenvalue weighted by Gasteiger charge is 2.34. The van der Waals surface area contributed by atoms with Gasteiger partial charge >= 0.3 is 12.2 Å². The van der Waals surface area contributed by atoms with Crippen molar-refractivity contribution in [2.24, 2.45) is 15.9 Å². The average Bonchev–Trinajstić information content (AvgIpc) is 2.62. The zero-order valence-electron chi connectivity index (χ0n) is 13.3. The van der Waals surface area contributed by atoms with E-state index in [9.17, 15) is 26.3 Å². The van der Waals surface area contributed by atoms with Gasteiger partial charge in [0.25, 0.3) is 6.43 Å². The van der Waals surface area contributed by atoms with Crippen molar-refractivity contribution >= 4 is 17.6 Å². The number of benzene rings is 1. The summed E-state index contributed by atoms with van der Waals surface area (Å²) < 4.78 is 81.4. The molecule has 0 amide bonds. The number of halogens is 6. The maximum Gasteiger partial charge on any atom is 0.419 e. The second kappa shape index (κ2) is 8.47. The third kappa shape index (κ3) is 5.66. The van der Waals surface area contributed by atoms with E-state index >= 15 is 0 Å². The first-order chi connectivity index (χ1) is 12.7. The lowest BCUT2D eigenvalue weighted by Gasteiger charge is -2.08. The molecule has 0 bridgehead atoms. The number of nitrogens with two attached hydrogens (primary N) is 1. The average molecular weight is 391 g/mol. The smallest absolute Gasteiger partial charge is 0.419 e. The first-order valence-corrected chi connectivity index (χ1v) is 7.12. The summed E-state index contributed by atoms with van der Waals surface area (Å²) in [6.45, 7) is -0.389. The van der Waals surface area contributed by atoms with Crippen molar-refractivity contribution in [1.29, 1.82) is 0 Å². The minimum Gasteiger partial charge on any atom is -0.457 e. The monoisotopic (exact) mass is 391 g/mol. The summed E-state index contributed by atoms with van der Waals surface area (Å²) in [5.74, 6) is 3.68. The second-order valence-corrected chi connectivity index (χ2v) is 4.89. The minimum absolute atomic E-state index is 0.0565. The zero-order valence-corrected chi connectivity index (χ0v) is 13.3. The summed E-state index contributed by atoms with van der Waals surface area (Å²) in [4.78, 5) is 10.8. The van der Waals surface area contributed by atoms with Crippen molar-refractivity contribution in [3.8, 4) is 6.01 Å². The van der Waals surface area contributed by atoms with Gasteiger partial charge in [-0.3, -0.25) is 4.99 Å². The van der Waals surface area contributed by atoms with Gasteiger partial charge in [0.1, 0.15) is 23.8 Å². The number of hydrogen-bond acceptors (Lipinski definition) is 6. The summed E-state index contributed by atoms with van der Waals surface area (Å²) in [6, 6.07) is 2.78. The van der Waals surface area contributed by atoms with E-state index < -0.39 is 29.7 Å². The molecule has 0 unspecified atom stereocenters. The van der Waals surface area contributed by atoms with E-state index in [1.165, 1.54) is 0 Å². The molecule has 0 fully saturated rings. The summed E-state index contributed by atoms with van der Waals surface area (Å²) in [6.07, 6.45) is -5.66. The Balaban J connectivity index is 2.08. The maximum absolute atomic E-state index is 13.2. The van der Waals surface area contributed by atoms with E-state index in [0.717, 1.165) is 24.5 Å². The third-order valence-electron chi connectivity index (χ3n) is 3.01. The fourth-order valence-electron chi connectivity index (χ4n) is 1.75. The number of rotatable bonds is 6. The number of hydrazone groups is 1. The van der Waals surface area contributed by atoms with Gasteiger partial charge in [-0.05, 0) is 24.3 Å². The molecule has 0 radical (unpaired) electrons. The van der Waals surface area contributed by atoms with E-state index in [2.05, 4.69) is 20.1 Å². The normalized spacial score (nSPS) is 12.8. The van der Waals surface area contributed by atoms with Crippen LogP contribution in [0, 0.1) is 5.82 Å². The van der Waals surface area contributed by atoms with Crippen molar-refractivity contribution in [2.45, 2.75) is 12.6 Å². The van der Waals surface area contributed by atoms with Gasteiger partial charge in [-0.1, -0.05) is 0 Å². The van der Waals surface area contributed by atoms with Gasteiger partial charge in [0.2, 0.25) is 0 Å². The molecule has 1 aromatic carbocycles. The van der Waals surface area contributed by atoms with Crippen LogP contribution in [-0.2, 0) is 6.18 Å². The molecule has 1 aromatic heterocycles. The Morgan fingerprint density at radius 3 is 2.63 bits per heavy atom. The molecule has 0 spiro atoms. The predicted octanol–water partition coefficient (Wildman–Crippen LogP) is 3.67. The highest BCUT2D eigenvalue weighted by atomic mass is 19.4. The Morgan fingerprint density at radius 2 is 2.00 bits per heavy atom. The van der Waals surface area contributed by atoms with E-state index in [0.29, 0.717) is 12.1 Å². The minimum atomic E-state index is -4.88. The number of ether oxygens (including phenoxy) is 1. The molecule has 6 nitrogen and oxygen atoms in total. The van der Waals surface area contributed by atoms with Crippen LogP contribution in [0.2, 0.25) is 0 Å². The second-order valence-electron chi connectivity index (χ2n) is 4.89. The van der Waals surface area contributed by atoms with Gasteiger partial charge in [-0.15, -0.1) is 0 Å². The van der Waals surface area contributed by atoms with E-state index in [-0.39, 0.29) is 24.0 Å². The molecule has 144 valence electrons.